The summed E-state index contributed by atoms with van der Waals surface area (Å²) in [6.07, 6.45) is 0.562. The number of hydrogen-bond donors (Lipinski definition) is 0. The number of hydrogen-bond acceptors (Lipinski definition) is 4. The van der Waals surface area contributed by atoms with Crippen LogP contribution in [-0.4, -0.2) is 20.7 Å². The van der Waals surface area contributed by atoms with Crippen LogP contribution in [0.3, 0.4) is 0 Å². The molecule has 0 radical (unpaired) electrons. The van der Waals surface area contributed by atoms with Gasteiger partial charge in [0.15, 0.2) is 5.84 Å². The van der Waals surface area contributed by atoms with Crippen molar-refractivity contribution < 1.29 is 8.83 Å². The molecule has 0 bridgehead atoms. The molecule has 5 heterocycles. The van der Waals surface area contributed by atoms with Gasteiger partial charge < -0.3 is 18.0 Å². The zero-order valence-electron chi connectivity index (χ0n) is 40.2. The lowest BCUT2D eigenvalue weighted by molar-refractivity contribution is 0.669. The standard InChI is InChI=1S/C68H42N4O2/c1-40-35-55(44-29-33-62-54(37-44)51-23-11-14-26-61(51)73-62)69-68(70-66(40)45-28-30-50-48-21-9-12-24-56(48)71(59(50)39-45)46-18-3-2-4-19-46)65-58(32-34-63-64(65)52-31-27-41-15-7-8-20-47(41)67(52)74-63)72-57-25-13-10-22-49(57)53-36-42-16-5-6-17-43(42)38-60(53)72/h2-34,36-39H,35H2,1H3. The summed E-state index contributed by atoms with van der Waals surface area (Å²) in [5, 5.41) is 13.4. The number of allylic oxidation sites excluding steroid dienone is 1. The maximum atomic E-state index is 7.05. The molecule has 4 aromatic heterocycles. The molecule has 0 spiro atoms. The van der Waals surface area contributed by atoms with Crippen LogP contribution in [0.2, 0.25) is 0 Å². The molecule has 15 aromatic rings. The van der Waals surface area contributed by atoms with Gasteiger partial charge in [-0.1, -0.05) is 140 Å². The second-order valence-electron chi connectivity index (χ2n) is 19.7. The van der Waals surface area contributed by atoms with Gasteiger partial charge in [-0.3, -0.25) is 0 Å². The Morgan fingerprint density at radius 3 is 1.85 bits per heavy atom. The highest BCUT2D eigenvalue weighted by atomic mass is 16.3. The average Bonchev–Trinajstić information content (AvgIpc) is 4.21. The van der Waals surface area contributed by atoms with Gasteiger partial charge in [-0.2, -0.15) is 0 Å². The van der Waals surface area contributed by atoms with E-state index < -0.39 is 0 Å². The van der Waals surface area contributed by atoms with E-state index in [9.17, 15) is 0 Å². The molecule has 0 saturated heterocycles. The van der Waals surface area contributed by atoms with Crippen molar-refractivity contribution in [1.29, 1.82) is 0 Å². The van der Waals surface area contributed by atoms with Crippen molar-refractivity contribution in [2.24, 2.45) is 9.98 Å². The fourth-order valence-corrected chi connectivity index (χ4v) is 12.1. The summed E-state index contributed by atoms with van der Waals surface area (Å²) in [4.78, 5) is 11.8. The van der Waals surface area contributed by atoms with Crippen molar-refractivity contribution in [3.8, 4) is 11.4 Å². The third kappa shape index (κ3) is 6.00. The van der Waals surface area contributed by atoms with E-state index in [1.807, 2.05) is 12.1 Å². The maximum Gasteiger partial charge on any atom is 0.162 e. The summed E-state index contributed by atoms with van der Waals surface area (Å²) in [5.74, 6) is 0.607. The van der Waals surface area contributed by atoms with Crippen LogP contribution in [0.1, 0.15) is 30.0 Å². The molecule has 0 atom stereocenters. The van der Waals surface area contributed by atoms with Gasteiger partial charge in [-0.15, -0.1) is 0 Å². The predicted octanol–water partition coefficient (Wildman–Crippen LogP) is 18.1. The minimum Gasteiger partial charge on any atom is -0.456 e. The quantitative estimate of drug-likeness (QED) is 0.173. The minimum absolute atomic E-state index is 0.562. The molecule has 6 nitrogen and oxygen atoms in total. The number of amidine groups is 1. The SMILES string of the molecule is CC1=C(c2ccc3c4ccccc4n(-c4ccccc4)c3c2)N=C(c2c(-n3c4ccccc4c4cc5ccccc5cc43)ccc3oc4c5ccccc5ccc4c23)N=C(c2ccc3oc4ccccc4c3c2)C1. The van der Waals surface area contributed by atoms with E-state index >= 15 is 0 Å². The zero-order chi connectivity index (χ0) is 48.6. The highest BCUT2D eigenvalue weighted by Crippen LogP contribution is 2.44. The van der Waals surface area contributed by atoms with Crippen LogP contribution in [0, 0.1) is 0 Å². The number of para-hydroxylation sites is 4. The average molecular weight is 947 g/mol. The molecular weight excluding hydrogens is 905 g/mol. The van der Waals surface area contributed by atoms with Crippen LogP contribution in [0.5, 0.6) is 0 Å². The molecule has 0 N–H and O–H groups in total. The topological polar surface area (TPSA) is 60.9 Å². The summed E-state index contributed by atoms with van der Waals surface area (Å²) in [6.45, 7) is 2.22. The lowest BCUT2D eigenvalue weighted by Crippen LogP contribution is -2.10. The first-order valence-electron chi connectivity index (χ1n) is 25.3. The Hall–Kier alpha value is -9.78. The van der Waals surface area contributed by atoms with Crippen molar-refractivity contribution in [1.82, 2.24) is 9.13 Å². The van der Waals surface area contributed by atoms with Gasteiger partial charge in [0.05, 0.1) is 44.7 Å². The van der Waals surface area contributed by atoms with E-state index in [-0.39, 0.29) is 0 Å². The van der Waals surface area contributed by atoms with Crippen molar-refractivity contribution in [3.63, 3.8) is 0 Å². The van der Waals surface area contributed by atoms with Crippen molar-refractivity contribution in [2.75, 3.05) is 0 Å². The second kappa shape index (κ2) is 15.6. The number of aliphatic imine (C=N–C) groups is 2. The molecule has 74 heavy (non-hydrogen) atoms. The summed E-state index contributed by atoms with van der Waals surface area (Å²) in [6, 6.07) is 80.3. The number of benzene rings is 11. The van der Waals surface area contributed by atoms with E-state index in [4.69, 9.17) is 18.8 Å². The molecule has 16 rings (SSSR count). The zero-order valence-corrected chi connectivity index (χ0v) is 40.2. The Morgan fingerprint density at radius 2 is 1.01 bits per heavy atom. The van der Waals surface area contributed by atoms with Crippen molar-refractivity contribution in [3.05, 3.63) is 247 Å². The molecule has 346 valence electrons. The van der Waals surface area contributed by atoms with Crippen molar-refractivity contribution >= 4 is 126 Å². The molecule has 1 aliphatic heterocycles. The van der Waals surface area contributed by atoms with Crippen LogP contribution in [-0.2, 0) is 0 Å². The molecule has 6 heteroatoms. The highest BCUT2D eigenvalue weighted by Gasteiger charge is 2.28. The van der Waals surface area contributed by atoms with Crippen molar-refractivity contribution in [2.45, 2.75) is 13.3 Å². The monoisotopic (exact) mass is 946 g/mol. The van der Waals surface area contributed by atoms with Gasteiger partial charge in [-0.05, 0) is 119 Å². The summed E-state index contributed by atoms with van der Waals surface area (Å²) >= 11 is 0. The lowest BCUT2D eigenvalue weighted by Gasteiger charge is -2.16. The maximum absolute atomic E-state index is 7.05. The van der Waals surface area contributed by atoms with Gasteiger partial charge in [0, 0.05) is 66.1 Å². The molecule has 0 aliphatic carbocycles. The Morgan fingerprint density at radius 1 is 0.392 bits per heavy atom. The van der Waals surface area contributed by atoms with E-state index in [0.717, 1.165) is 122 Å². The summed E-state index contributed by atoms with van der Waals surface area (Å²) in [5.41, 5.74) is 15.7. The molecule has 0 saturated carbocycles. The summed E-state index contributed by atoms with van der Waals surface area (Å²) < 4.78 is 18.2. The number of furan rings is 2. The van der Waals surface area contributed by atoms with E-state index in [1.54, 1.807) is 0 Å². The molecule has 11 aromatic carbocycles. The highest BCUT2D eigenvalue weighted by molar-refractivity contribution is 6.28. The Bertz CT molecular complexity index is 5000. The second-order valence-corrected chi connectivity index (χ2v) is 19.7. The normalized spacial score (nSPS) is 13.5. The number of rotatable bonds is 5. The smallest absolute Gasteiger partial charge is 0.162 e. The van der Waals surface area contributed by atoms with Gasteiger partial charge >= 0.3 is 0 Å². The number of nitrogens with zero attached hydrogens (tertiary/aromatic N) is 4. The molecule has 1 aliphatic rings. The van der Waals surface area contributed by atoms with Crippen LogP contribution < -0.4 is 0 Å². The van der Waals surface area contributed by atoms with Crippen LogP contribution in [0.15, 0.2) is 249 Å². The third-order valence-electron chi connectivity index (χ3n) is 15.5. The largest absolute Gasteiger partial charge is 0.456 e. The fourth-order valence-electron chi connectivity index (χ4n) is 12.1. The van der Waals surface area contributed by atoms with Crippen LogP contribution in [0.25, 0.3) is 126 Å². The molecule has 0 fully saturated rings. The fraction of sp³-hybridized carbons (Fsp3) is 0.0294. The first kappa shape index (κ1) is 40.9. The van der Waals surface area contributed by atoms with E-state index in [1.165, 1.54) is 32.3 Å². The Kier molecular flexibility index (Phi) is 8.63. The first-order valence-corrected chi connectivity index (χ1v) is 25.3. The Balaban J connectivity index is 1.03. The van der Waals surface area contributed by atoms with Gasteiger partial charge in [0.25, 0.3) is 0 Å². The predicted molar refractivity (Wildman–Crippen MR) is 308 cm³/mol. The van der Waals surface area contributed by atoms with Gasteiger partial charge in [0.2, 0.25) is 0 Å². The van der Waals surface area contributed by atoms with Gasteiger partial charge in [-0.25, -0.2) is 9.98 Å². The third-order valence-corrected chi connectivity index (χ3v) is 15.5. The minimum atomic E-state index is 0.562. The molecular formula is C68H42N4O2. The van der Waals surface area contributed by atoms with Gasteiger partial charge in [0.1, 0.15) is 22.3 Å². The number of fused-ring (bicyclic) bond motifs is 15. The molecule has 0 unspecified atom stereocenters. The van der Waals surface area contributed by atoms with Crippen LogP contribution in [0.4, 0.5) is 0 Å². The lowest BCUT2D eigenvalue weighted by atomic mass is 9.97. The Labute approximate surface area is 423 Å². The molecule has 0 amide bonds. The summed E-state index contributed by atoms with van der Waals surface area (Å²) in [7, 11) is 0. The first-order chi connectivity index (χ1) is 36.6. The number of aromatic nitrogens is 2. The van der Waals surface area contributed by atoms with E-state index in [0.29, 0.717) is 12.3 Å². The van der Waals surface area contributed by atoms with E-state index in [2.05, 4.69) is 228 Å². The van der Waals surface area contributed by atoms with Crippen LogP contribution >= 0.6 is 0 Å².